The number of nitrogens with one attached hydrogen (secondary N) is 2. The Balaban J connectivity index is 1.59. The van der Waals surface area contributed by atoms with Crippen molar-refractivity contribution in [3.63, 3.8) is 0 Å². The Bertz CT molecular complexity index is 326. The van der Waals surface area contributed by atoms with Gasteiger partial charge >= 0.3 is 0 Å². The van der Waals surface area contributed by atoms with Crippen molar-refractivity contribution in [2.45, 2.75) is 43.5 Å². The van der Waals surface area contributed by atoms with Gasteiger partial charge in [-0.3, -0.25) is 0 Å². The summed E-state index contributed by atoms with van der Waals surface area (Å²) < 4.78 is 0. The van der Waals surface area contributed by atoms with Crippen molar-refractivity contribution in [2.24, 2.45) is 0 Å². The number of hydrogen-bond acceptors (Lipinski definition) is 3. The van der Waals surface area contributed by atoms with Crippen LogP contribution in [0.4, 0.5) is 0 Å². The summed E-state index contributed by atoms with van der Waals surface area (Å²) >= 11 is 2.03. The largest absolute Gasteiger partial charge is 0.344 e. The zero-order valence-electron chi connectivity index (χ0n) is 8.83. The second kappa shape index (κ2) is 4.18. The first-order valence-corrected chi connectivity index (χ1v) is 6.85. The predicted molar refractivity (Wildman–Crippen MR) is 62.9 cm³/mol. The van der Waals surface area contributed by atoms with E-state index >= 15 is 0 Å². The highest BCUT2D eigenvalue weighted by atomic mass is 32.2. The predicted octanol–water partition coefficient (Wildman–Crippen LogP) is 2.23. The number of thioether (sulfide) groups is 1. The van der Waals surface area contributed by atoms with Crippen LogP contribution in [0.2, 0.25) is 0 Å². The van der Waals surface area contributed by atoms with Gasteiger partial charge in [0.2, 0.25) is 0 Å². The lowest BCUT2D eigenvalue weighted by Crippen LogP contribution is -2.15. The molecule has 1 aliphatic heterocycles. The van der Waals surface area contributed by atoms with Gasteiger partial charge in [-0.2, -0.15) is 11.8 Å². The maximum absolute atomic E-state index is 4.48. The van der Waals surface area contributed by atoms with Crippen LogP contribution in [-0.4, -0.2) is 21.8 Å². The number of nitrogens with zero attached hydrogens (tertiary/aromatic N) is 1. The van der Waals surface area contributed by atoms with Crippen molar-refractivity contribution in [1.82, 2.24) is 15.3 Å². The molecule has 0 spiro atoms. The van der Waals surface area contributed by atoms with E-state index in [0.717, 1.165) is 12.6 Å². The first-order chi connectivity index (χ1) is 7.42. The third-order valence-electron chi connectivity index (χ3n) is 3.04. The van der Waals surface area contributed by atoms with Crippen LogP contribution in [0.5, 0.6) is 0 Å². The van der Waals surface area contributed by atoms with E-state index < -0.39 is 0 Å². The molecule has 0 bridgehead atoms. The molecule has 0 amide bonds. The SMILES string of the molecule is c1nc(C2CCCS2)[nH]c1CNC1CC1. The van der Waals surface area contributed by atoms with Crippen molar-refractivity contribution < 1.29 is 0 Å². The molecular weight excluding hydrogens is 206 g/mol. The summed E-state index contributed by atoms with van der Waals surface area (Å²) in [6.07, 6.45) is 7.31. The summed E-state index contributed by atoms with van der Waals surface area (Å²) in [5.74, 6) is 2.48. The number of aromatic nitrogens is 2. The number of hydrogen-bond donors (Lipinski definition) is 2. The lowest BCUT2D eigenvalue weighted by molar-refractivity contribution is 0.674. The van der Waals surface area contributed by atoms with E-state index in [9.17, 15) is 0 Å². The van der Waals surface area contributed by atoms with E-state index in [-0.39, 0.29) is 0 Å². The number of rotatable bonds is 4. The van der Waals surface area contributed by atoms with Crippen LogP contribution in [0.15, 0.2) is 6.20 Å². The van der Waals surface area contributed by atoms with Crippen LogP contribution < -0.4 is 5.32 Å². The first-order valence-electron chi connectivity index (χ1n) is 5.80. The third-order valence-corrected chi connectivity index (χ3v) is 4.43. The molecule has 82 valence electrons. The molecule has 1 unspecified atom stereocenters. The summed E-state index contributed by atoms with van der Waals surface area (Å²) in [7, 11) is 0. The highest BCUT2D eigenvalue weighted by molar-refractivity contribution is 7.99. The van der Waals surface area contributed by atoms with E-state index in [1.54, 1.807) is 0 Å². The van der Waals surface area contributed by atoms with Gasteiger partial charge < -0.3 is 10.3 Å². The van der Waals surface area contributed by atoms with E-state index in [1.165, 1.54) is 43.0 Å². The molecule has 1 aliphatic carbocycles. The molecule has 2 N–H and O–H groups in total. The second-order valence-electron chi connectivity index (χ2n) is 4.45. The highest BCUT2D eigenvalue weighted by Crippen LogP contribution is 2.38. The molecule has 3 nitrogen and oxygen atoms in total. The van der Waals surface area contributed by atoms with Gasteiger partial charge in [0.15, 0.2) is 0 Å². The smallest absolute Gasteiger partial charge is 0.119 e. The molecule has 2 heterocycles. The Morgan fingerprint density at radius 3 is 3.13 bits per heavy atom. The Hall–Kier alpha value is -0.480. The summed E-state index contributed by atoms with van der Waals surface area (Å²) in [4.78, 5) is 7.92. The van der Waals surface area contributed by atoms with Crippen LogP contribution in [0, 0.1) is 0 Å². The summed E-state index contributed by atoms with van der Waals surface area (Å²) in [6.45, 7) is 0.953. The van der Waals surface area contributed by atoms with Crippen molar-refractivity contribution in [2.75, 3.05) is 5.75 Å². The molecule has 1 aromatic rings. The van der Waals surface area contributed by atoms with Crippen LogP contribution in [0.3, 0.4) is 0 Å². The molecule has 15 heavy (non-hydrogen) atoms. The van der Waals surface area contributed by atoms with Gasteiger partial charge in [-0.25, -0.2) is 4.98 Å². The molecule has 2 fully saturated rings. The fourth-order valence-electron chi connectivity index (χ4n) is 1.97. The maximum Gasteiger partial charge on any atom is 0.119 e. The highest BCUT2D eigenvalue weighted by Gasteiger charge is 2.22. The standard InChI is InChI=1S/C11H17N3S/c1-2-10(15-5-1)11-13-7-9(14-11)6-12-8-3-4-8/h7-8,10,12H,1-6H2,(H,13,14). The van der Waals surface area contributed by atoms with Crippen LogP contribution in [-0.2, 0) is 6.54 Å². The van der Waals surface area contributed by atoms with Crippen molar-refractivity contribution in [1.29, 1.82) is 0 Å². The van der Waals surface area contributed by atoms with Crippen molar-refractivity contribution >= 4 is 11.8 Å². The molecule has 3 rings (SSSR count). The fraction of sp³-hybridized carbons (Fsp3) is 0.727. The number of imidazole rings is 1. The monoisotopic (exact) mass is 223 g/mol. The molecule has 4 heteroatoms. The van der Waals surface area contributed by atoms with Gasteiger partial charge in [-0.1, -0.05) is 0 Å². The van der Waals surface area contributed by atoms with Gasteiger partial charge in [0.05, 0.1) is 5.25 Å². The normalized spacial score (nSPS) is 26.0. The lowest BCUT2D eigenvalue weighted by atomic mass is 10.2. The Labute approximate surface area is 94.4 Å². The zero-order chi connectivity index (χ0) is 10.1. The summed E-state index contributed by atoms with van der Waals surface area (Å²) in [5.41, 5.74) is 1.24. The maximum atomic E-state index is 4.48. The lowest BCUT2D eigenvalue weighted by Gasteiger charge is -2.03. The molecular formula is C11H17N3S. The van der Waals surface area contributed by atoms with Crippen molar-refractivity contribution in [3.05, 3.63) is 17.7 Å². The Kier molecular flexibility index (Phi) is 2.71. The van der Waals surface area contributed by atoms with Gasteiger partial charge in [-0.05, 0) is 31.4 Å². The van der Waals surface area contributed by atoms with Gasteiger partial charge in [-0.15, -0.1) is 0 Å². The molecule has 1 saturated heterocycles. The minimum atomic E-state index is 0.625. The molecule has 0 aromatic carbocycles. The third kappa shape index (κ3) is 2.37. The second-order valence-corrected chi connectivity index (χ2v) is 5.76. The van der Waals surface area contributed by atoms with Gasteiger partial charge in [0, 0.05) is 24.5 Å². The molecule has 1 atom stereocenters. The summed E-state index contributed by atoms with van der Waals surface area (Å²) in [6, 6.07) is 0.776. The van der Waals surface area contributed by atoms with Gasteiger partial charge in [0.25, 0.3) is 0 Å². The average molecular weight is 223 g/mol. The Morgan fingerprint density at radius 2 is 2.40 bits per heavy atom. The van der Waals surface area contributed by atoms with Gasteiger partial charge in [0.1, 0.15) is 5.82 Å². The van der Waals surface area contributed by atoms with Crippen molar-refractivity contribution in [3.8, 4) is 0 Å². The zero-order valence-corrected chi connectivity index (χ0v) is 9.65. The molecule has 1 saturated carbocycles. The van der Waals surface area contributed by atoms with Crippen LogP contribution >= 0.6 is 11.8 Å². The fourth-order valence-corrected chi connectivity index (χ4v) is 3.19. The minimum Gasteiger partial charge on any atom is -0.344 e. The van der Waals surface area contributed by atoms with E-state index in [1.807, 2.05) is 18.0 Å². The van der Waals surface area contributed by atoms with Crippen LogP contribution in [0.1, 0.15) is 42.5 Å². The average Bonchev–Trinajstić information content (AvgIpc) is 2.78. The number of aromatic amines is 1. The molecule has 0 radical (unpaired) electrons. The van der Waals surface area contributed by atoms with E-state index in [4.69, 9.17) is 0 Å². The van der Waals surface area contributed by atoms with E-state index in [2.05, 4.69) is 15.3 Å². The van der Waals surface area contributed by atoms with E-state index in [0.29, 0.717) is 5.25 Å². The minimum absolute atomic E-state index is 0.625. The summed E-state index contributed by atoms with van der Waals surface area (Å²) in [5, 5.41) is 4.12. The quantitative estimate of drug-likeness (QED) is 0.822. The first kappa shape index (κ1) is 9.73. The Morgan fingerprint density at radius 1 is 1.47 bits per heavy atom. The molecule has 2 aliphatic rings. The topological polar surface area (TPSA) is 40.7 Å². The molecule has 1 aromatic heterocycles. The number of H-pyrrole nitrogens is 1. The van der Waals surface area contributed by atoms with Crippen LogP contribution in [0.25, 0.3) is 0 Å².